The van der Waals surface area contributed by atoms with E-state index in [4.69, 9.17) is 32.7 Å². The topological polar surface area (TPSA) is 93.7 Å². The molecule has 0 aliphatic carbocycles. The molecule has 0 aliphatic rings. The first-order chi connectivity index (χ1) is 15.3. The number of anilines is 2. The van der Waals surface area contributed by atoms with Crippen molar-refractivity contribution in [3.05, 3.63) is 76.8 Å². The molecule has 3 aromatic rings. The third-order valence-corrected chi connectivity index (χ3v) is 6.04. The molecule has 0 heterocycles. The highest BCUT2D eigenvalue weighted by Crippen LogP contribution is 2.28. The van der Waals surface area contributed by atoms with E-state index in [1.807, 2.05) is 6.92 Å². The third-order valence-electron chi connectivity index (χ3n) is 4.12. The molecule has 0 atom stereocenters. The predicted molar refractivity (Wildman–Crippen MR) is 125 cm³/mol. The van der Waals surface area contributed by atoms with Crippen LogP contribution in [-0.4, -0.2) is 27.5 Å². The van der Waals surface area contributed by atoms with Gasteiger partial charge in [0.25, 0.3) is 15.9 Å². The minimum absolute atomic E-state index is 0.0469. The van der Waals surface area contributed by atoms with Gasteiger partial charge in [-0.1, -0.05) is 23.2 Å². The molecule has 0 saturated carbocycles. The number of hydrogen-bond donors (Lipinski definition) is 2. The van der Waals surface area contributed by atoms with Crippen molar-refractivity contribution in [3.8, 4) is 11.5 Å². The highest BCUT2D eigenvalue weighted by Gasteiger charge is 2.17. The van der Waals surface area contributed by atoms with Crippen molar-refractivity contribution < 1.29 is 22.7 Å². The van der Waals surface area contributed by atoms with Crippen molar-refractivity contribution in [2.75, 3.05) is 23.3 Å². The zero-order valence-corrected chi connectivity index (χ0v) is 19.3. The zero-order chi connectivity index (χ0) is 23.1. The van der Waals surface area contributed by atoms with Crippen molar-refractivity contribution in [3.63, 3.8) is 0 Å². The molecule has 10 heteroatoms. The maximum absolute atomic E-state index is 12.7. The van der Waals surface area contributed by atoms with Gasteiger partial charge in [0.05, 0.1) is 16.5 Å². The molecule has 0 aliphatic heterocycles. The van der Waals surface area contributed by atoms with Crippen LogP contribution in [0.4, 0.5) is 11.4 Å². The molecule has 2 N–H and O–H groups in total. The lowest BCUT2D eigenvalue weighted by Gasteiger charge is -2.12. The standard InChI is InChI=1S/C22H20Cl2N2O5S/c1-2-30-18-9-7-17(8-10-18)26-32(28,29)19-11-12-21(20(24)13-19)31-14-22(27)25-16-5-3-15(23)4-6-16/h3-13,26H,2,14H2,1H3,(H,25,27). The van der Waals surface area contributed by atoms with Gasteiger partial charge < -0.3 is 14.8 Å². The number of halogens is 2. The number of carbonyl (C=O) groups is 1. The largest absolute Gasteiger partial charge is 0.494 e. The number of sulfonamides is 1. The normalized spacial score (nSPS) is 11.0. The van der Waals surface area contributed by atoms with Gasteiger partial charge in [-0.15, -0.1) is 0 Å². The van der Waals surface area contributed by atoms with E-state index in [9.17, 15) is 13.2 Å². The molecule has 0 aromatic heterocycles. The van der Waals surface area contributed by atoms with Crippen molar-refractivity contribution >= 4 is 50.5 Å². The second-order valence-electron chi connectivity index (χ2n) is 6.50. The minimum Gasteiger partial charge on any atom is -0.494 e. The van der Waals surface area contributed by atoms with Gasteiger partial charge in [0.1, 0.15) is 11.5 Å². The lowest BCUT2D eigenvalue weighted by atomic mass is 10.3. The molecule has 0 radical (unpaired) electrons. The molecule has 3 aromatic carbocycles. The van der Waals surface area contributed by atoms with Gasteiger partial charge in [-0.05, 0) is 73.7 Å². The summed E-state index contributed by atoms with van der Waals surface area (Å²) in [7, 11) is -3.87. The van der Waals surface area contributed by atoms with Gasteiger partial charge in [0, 0.05) is 16.4 Å². The number of hydrogen-bond acceptors (Lipinski definition) is 5. The monoisotopic (exact) mass is 494 g/mol. The van der Waals surface area contributed by atoms with Gasteiger partial charge in [-0.3, -0.25) is 9.52 Å². The van der Waals surface area contributed by atoms with Crippen LogP contribution in [0.25, 0.3) is 0 Å². The number of amides is 1. The summed E-state index contributed by atoms with van der Waals surface area (Å²) in [6.45, 7) is 2.07. The molecule has 1 amide bonds. The SMILES string of the molecule is CCOc1ccc(NS(=O)(=O)c2ccc(OCC(=O)Nc3ccc(Cl)cc3)c(Cl)c2)cc1. The third kappa shape index (κ3) is 6.53. The number of carbonyl (C=O) groups excluding carboxylic acids is 1. The first-order valence-electron chi connectivity index (χ1n) is 9.50. The summed E-state index contributed by atoms with van der Waals surface area (Å²) in [6, 6.07) is 17.1. The van der Waals surface area contributed by atoms with Crippen LogP contribution < -0.4 is 19.5 Å². The van der Waals surface area contributed by atoms with E-state index in [0.29, 0.717) is 28.8 Å². The fourth-order valence-corrected chi connectivity index (χ4v) is 4.15. The highest BCUT2D eigenvalue weighted by atomic mass is 35.5. The summed E-state index contributed by atoms with van der Waals surface area (Å²) in [4.78, 5) is 12.0. The maximum Gasteiger partial charge on any atom is 0.262 e. The molecular formula is C22H20Cl2N2O5S. The molecule has 168 valence electrons. The van der Waals surface area contributed by atoms with Crippen LogP contribution in [0, 0.1) is 0 Å². The highest BCUT2D eigenvalue weighted by molar-refractivity contribution is 7.92. The van der Waals surface area contributed by atoms with Crippen LogP contribution in [0.3, 0.4) is 0 Å². The smallest absolute Gasteiger partial charge is 0.262 e. The van der Waals surface area contributed by atoms with Gasteiger partial charge in [-0.25, -0.2) is 8.42 Å². The molecule has 0 bridgehead atoms. The van der Waals surface area contributed by atoms with Crippen molar-refractivity contribution in [1.29, 1.82) is 0 Å². The molecule has 0 fully saturated rings. The van der Waals surface area contributed by atoms with Crippen molar-refractivity contribution in [2.45, 2.75) is 11.8 Å². The summed E-state index contributed by atoms with van der Waals surface area (Å²) < 4.78 is 38.5. The average Bonchev–Trinajstić information content (AvgIpc) is 2.76. The molecular weight excluding hydrogens is 475 g/mol. The molecule has 0 spiro atoms. The molecule has 0 saturated heterocycles. The van der Waals surface area contributed by atoms with Gasteiger partial charge in [0.2, 0.25) is 0 Å². The quantitative estimate of drug-likeness (QED) is 0.425. The van der Waals surface area contributed by atoms with E-state index in [2.05, 4.69) is 10.0 Å². The Morgan fingerprint density at radius 1 is 0.906 bits per heavy atom. The first-order valence-corrected chi connectivity index (χ1v) is 11.7. The van der Waals surface area contributed by atoms with E-state index in [1.54, 1.807) is 48.5 Å². The van der Waals surface area contributed by atoms with E-state index in [-0.39, 0.29) is 22.3 Å². The fourth-order valence-electron chi connectivity index (χ4n) is 2.64. The van der Waals surface area contributed by atoms with E-state index >= 15 is 0 Å². The van der Waals surface area contributed by atoms with Gasteiger partial charge >= 0.3 is 0 Å². The van der Waals surface area contributed by atoms with E-state index in [0.717, 1.165) is 0 Å². The first kappa shape index (κ1) is 23.7. The number of ether oxygens (including phenoxy) is 2. The Balaban J connectivity index is 1.61. The number of rotatable bonds is 9. The molecule has 3 rings (SSSR count). The Morgan fingerprint density at radius 3 is 2.19 bits per heavy atom. The maximum atomic E-state index is 12.7. The summed E-state index contributed by atoms with van der Waals surface area (Å²) in [5.74, 6) is 0.412. The predicted octanol–water partition coefficient (Wildman–Crippen LogP) is 5.21. The van der Waals surface area contributed by atoms with Crippen LogP contribution >= 0.6 is 23.2 Å². The van der Waals surface area contributed by atoms with E-state index in [1.165, 1.54) is 18.2 Å². The van der Waals surface area contributed by atoms with Crippen LogP contribution in [0.5, 0.6) is 11.5 Å². The summed E-state index contributed by atoms with van der Waals surface area (Å²) in [5.41, 5.74) is 0.944. The van der Waals surface area contributed by atoms with Gasteiger partial charge in [-0.2, -0.15) is 0 Å². The van der Waals surface area contributed by atoms with Gasteiger partial charge in [0.15, 0.2) is 6.61 Å². The van der Waals surface area contributed by atoms with E-state index < -0.39 is 15.9 Å². The Morgan fingerprint density at radius 2 is 1.56 bits per heavy atom. The van der Waals surface area contributed by atoms with Crippen molar-refractivity contribution in [1.82, 2.24) is 0 Å². The molecule has 32 heavy (non-hydrogen) atoms. The fraction of sp³-hybridized carbons (Fsp3) is 0.136. The Labute approximate surface area is 196 Å². The Bertz CT molecular complexity index is 1180. The lowest BCUT2D eigenvalue weighted by Crippen LogP contribution is -2.20. The number of benzene rings is 3. The summed E-state index contributed by atoms with van der Waals surface area (Å²) in [5, 5.41) is 3.26. The Kier molecular flexibility index (Phi) is 7.84. The second kappa shape index (κ2) is 10.6. The van der Waals surface area contributed by atoms with Crippen molar-refractivity contribution in [2.24, 2.45) is 0 Å². The minimum atomic E-state index is -3.87. The Hall–Kier alpha value is -2.94. The van der Waals surface area contributed by atoms with Crippen LogP contribution in [0.2, 0.25) is 10.0 Å². The molecule has 7 nitrogen and oxygen atoms in total. The summed E-state index contributed by atoms with van der Waals surface area (Å²) >= 11 is 12.0. The lowest BCUT2D eigenvalue weighted by molar-refractivity contribution is -0.118. The zero-order valence-electron chi connectivity index (χ0n) is 17.0. The van der Waals surface area contributed by atoms with Crippen LogP contribution in [0.15, 0.2) is 71.6 Å². The number of nitrogens with one attached hydrogen (secondary N) is 2. The van der Waals surface area contributed by atoms with Crippen LogP contribution in [-0.2, 0) is 14.8 Å². The summed E-state index contributed by atoms with van der Waals surface area (Å²) in [6.07, 6.45) is 0. The molecule has 0 unspecified atom stereocenters. The second-order valence-corrected chi connectivity index (χ2v) is 9.02. The average molecular weight is 495 g/mol. The van der Waals surface area contributed by atoms with Crippen LogP contribution in [0.1, 0.15) is 6.92 Å².